The van der Waals surface area contributed by atoms with Gasteiger partial charge in [0.1, 0.15) is 0 Å². The molecule has 0 radical (unpaired) electrons. The fourth-order valence-electron chi connectivity index (χ4n) is 1.28. The summed E-state index contributed by atoms with van der Waals surface area (Å²) in [5.41, 5.74) is 6.54. The first-order valence-corrected chi connectivity index (χ1v) is 4.71. The Morgan fingerprint density at radius 3 is 2.12 bits per heavy atom. The molecule has 0 fully saturated rings. The van der Waals surface area contributed by atoms with E-state index in [1.807, 2.05) is 0 Å². The van der Waals surface area contributed by atoms with Gasteiger partial charge in [0, 0.05) is 5.56 Å². The van der Waals surface area contributed by atoms with Crippen LogP contribution in [-0.4, -0.2) is 28.1 Å². The SMILES string of the molecule is CC(=O)c1ccc([C@H](N)[C@@H](O)C(=O)O)cc1. The molecule has 0 aliphatic rings. The van der Waals surface area contributed by atoms with Gasteiger partial charge in [-0.15, -0.1) is 0 Å². The highest BCUT2D eigenvalue weighted by Crippen LogP contribution is 2.15. The van der Waals surface area contributed by atoms with E-state index in [1.165, 1.54) is 19.1 Å². The van der Waals surface area contributed by atoms with Crippen LogP contribution in [-0.2, 0) is 4.79 Å². The Balaban J connectivity index is 2.89. The Morgan fingerprint density at radius 2 is 1.75 bits per heavy atom. The summed E-state index contributed by atoms with van der Waals surface area (Å²) in [7, 11) is 0. The summed E-state index contributed by atoms with van der Waals surface area (Å²) in [5.74, 6) is -1.46. The van der Waals surface area contributed by atoms with Gasteiger partial charge in [-0.05, 0) is 12.5 Å². The summed E-state index contributed by atoms with van der Waals surface area (Å²) in [6.45, 7) is 1.43. The van der Waals surface area contributed by atoms with Crippen LogP contribution in [0.4, 0.5) is 0 Å². The number of benzene rings is 1. The Bertz CT molecular complexity index is 399. The summed E-state index contributed by atoms with van der Waals surface area (Å²) in [6, 6.07) is 5.16. The molecule has 5 nitrogen and oxygen atoms in total. The molecule has 4 N–H and O–H groups in total. The van der Waals surface area contributed by atoms with E-state index in [9.17, 15) is 14.7 Å². The second kappa shape index (κ2) is 4.87. The lowest BCUT2D eigenvalue weighted by Gasteiger charge is -2.15. The van der Waals surface area contributed by atoms with E-state index >= 15 is 0 Å². The monoisotopic (exact) mass is 223 g/mol. The zero-order valence-electron chi connectivity index (χ0n) is 8.75. The lowest BCUT2D eigenvalue weighted by Crippen LogP contribution is -2.33. The maximum atomic E-state index is 11.0. The molecule has 0 aliphatic heterocycles. The average Bonchev–Trinajstić information content (AvgIpc) is 2.27. The highest BCUT2D eigenvalue weighted by Gasteiger charge is 2.23. The van der Waals surface area contributed by atoms with E-state index in [0.717, 1.165) is 0 Å². The van der Waals surface area contributed by atoms with Gasteiger partial charge < -0.3 is 15.9 Å². The maximum absolute atomic E-state index is 11.0. The van der Waals surface area contributed by atoms with Crippen LogP contribution in [0, 0.1) is 0 Å². The van der Waals surface area contributed by atoms with Crippen molar-refractivity contribution < 1.29 is 19.8 Å². The molecule has 1 aromatic carbocycles. The Labute approximate surface area is 92.5 Å². The first kappa shape index (κ1) is 12.4. The van der Waals surface area contributed by atoms with E-state index in [0.29, 0.717) is 11.1 Å². The highest BCUT2D eigenvalue weighted by atomic mass is 16.4. The van der Waals surface area contributed by atoms with Gasteiger partial charge in [0.25, 0.3) is 0 Å². The molecule has 0 amide bonds. The van der Waals surface area contributed by atoms with E-state index in [2.05, 4.69) is 0 Å². The number of hydrogen-bond acceptors (Lipinski definition) is 4. The van der Waals surface area contributed by atoms with Crippen molar-refractivity contribution in [2.24, 2.45) is 5.73 Å². The van der Waals surface area contributed by atoms with Crippen molar-refractivity contribution in [2.45, 2.75) is 19.1 Å². The quantitative estimate of drug-likeness (QED) is 0.639. The second-order valence-corrected chi connectivity index (χ2v) is 3.49. The van der Waals surface area contributed by atoms with Gasteiger partial charge in [-0.1, -0.05) is 24.3 Å². The molecule has 0 aliphatic carbocycles. The molecule has 16 heavy (non-hydrogen) atoms. The van der Waals surface area contributed by atoms with Gasteiger partial charge in [-0.25, -0.2) is 4.79 Å². The molecule has 86 valence electrons. The van der Waals surface area contributed by atoms with Crippen LogP contribution in [0.1, 0.15) is 28.9 Å². The van der Waals surface area contributed by atoms with Gasteiger partial charge in [-0.2, -0.15) is 0 Å². The van der Waals surface area contributed by atoms with Gasteiger partial charge in [0.2, 0.25) is 0 Å². The Kier molecular flexibility index (Phi) is 3.76. The van der Waals surface area contributed by atoms with Crippen molar-refractivity contribution in [1.29, 1.82) is 0 Å². The lowest BCUT2D eigenvalue weighted by molar-refractivity contribution is -0.147. The number of carbonyl (C=O) groups excluding carboxylic acids is 1. The number of nitrogens with two attached hydrogens (primary N) is 1. The molecule has 0 spiro atoms. The summed E-state index contributed by atoms with van der Waals surface area (Å²) < 4.78 is 0. The number of aliphatic hydroxyl groups excluding tert-OH is 1. The van der Waals surface area contributed by atoms with Crippen molar-refractivity contribution in [1.82, 2.24) is 0 Å². The van der Waals surface area contributed by atoms with E-state index in [1.54, 1.807) is 12.1 Å². The smallest absolute Gasteiger partial charge is 0.334 e. The minimum Gasteiger partial charge on any atom is -0.479 e. The molecule has 0 unspecified atom stereocenters. The number of hydrogen-bond donors (Lipinski definition) is 3. The number of carbonyl (C=O) groups is 2. The van der Waals surface area contributed by atoms with E-state index < -0.39 is 18.1 Å². The largest absolute Gasteiger partial charge is 0.479 e. The van der Waals surface area contributed by atoms with Crippen molar-refractivity contribution in [2.75, 3.05) is 0 Å². The van der Waals surface area contributed by atoms with Gasteiger partial charge in [0.05, 0.1) is 6.04 Å². The number of carboxylic acid groups (broad SMARTS) is 1. The molecule has 5 heteroatoms. The molecular weight excluding hydrogens is 210 g/mol. The molecule has 1 aromatic rings. The van der Waals surface area contributed by atoms with Gasteiger partial charge in [0.15, 0.2) is 11.9 Å². The molecule has 1 rings (SSSR count). The van der Waals surface area contributed by atoms with Crippen molar-refractivity contribution >= 4 is 11.8 Å². The summed E-state index contributed by atoms with van der Waals surface area (Å²) in [6.07, 6.45) is -1.65. The summed E-state index contributed by atoms with van der Waals surface area (Å²) in [4.78, 5) is 21.5. The molecule has 0 heterocycles. The van der Waals surface area contributed by atoms with Crippen LogP contribution < -0.4 is 5.73 Å². The minimum absolute atomic E-state index is 0.0843. The fourth-order valence-corrected chi connectivity index (χ4v) is 1.28. The predicted molar refractivity (Wildman–Crippen MR) is 57.0 cm³/mol. The molecular formula is C11H13NO4. The van der Waals surface area contributed by atoms with Crippen LogP contribution in [0.3, 0.4) is 0 Å². The zero-order valence-corrected chi connectivity index (χ0v) is 8.75. The minimum atomic E-state index is -1.65. The molecule has 2 atom stereocenters. The highest BCUT2D eigenvalue weighted by molar-refractivity contribution is 5.94. The number of ketones is 1. The third kappa shape index (κ3) is 2.65. The first-order chi connectivity index (χ1) is 7.43. The number of Topliss-reactive ketones (excluding diaryl/α,β-unsaturated/α-hetero) is 1. The van der Waals surface area contributed by atoms with Crippen molar-refractivity contribution in [3.05, 3.63) is 35.4 Å². The number of aliphatic carboxylic acids is 1. The number of rotatable bonds is 4. The van der Waals surface area contributed by atoms with Crippen LogP contribution in [0.15, 0.2) is 24.3 Å². The number of aliphatic hydroxyl groups is 1. The topological polar surface area (TPSA) is 101 Å². The van der Waals surface area contributed by atoms with Gasteiger partial charge in [-0.3, -0.25) is 4.79 Å². The van der Waals surface area contributed by atoms with Gasteiger partial charge >= 0.3 is 5.97 Å². The third-order valence-electron chi connectivity index (χ3n) is 2.30. The van der Waals surface area contributed by atoms with Crippen LogP contribution in [0.5, 0.6) is 0 Å². The second-order valence-electron chi connectivity index (χ2n) is 3.49. The molecule has 0 bridgehead atoms. The summed E-state index contributed by atoms with van der Waals surface area (Å²) >= 11 is 0. The predicted octanol–water partition coefficient (Wildman–Crippen LogP) is 0.335. The third-order valence-corrected chi connectivity index (χ3v) is 2.30. The standard InChI is InChI=1S/C11H13NO4/c1-6(13)7-2-4-8(5-3-7)9(12)10(14)11(15)16/h2-5,9-10,14H,12H2,1H3,(H,15,16)/t9-,10+/m0/s1. The van der Waals surface area contributed by atoms with E-state index in [4.69, 9.17) is 10.8 Å². The van der Waals surface area contributed by atoms with Crippen LogP contribution in [0.25, 0.3) is 0 Å². The van der Waals surface area contributed by atoms with E-state index in [-0.39, 0.29) is 5.78 Å². The van der Waals surface area contributed by atoms with Crippen molar-refractivity contribution in [3.63, 3.8) is 0 Å². The normalized spacial score (nSPS) is 14.2. The number of carboxylic acids is 1. The van der Waals surface area contributed by atoms with Crippen LogP contribution >= 0.6 is 0 Å². The lowest BCUT2D eigenvalue weighted by atomic mass is 10.0. The van der Waals surface area contributed by atoms with Crippen molar-refractivity contribution in [3.8, 4) is 0 Å². The molecule has 0 aromatic heterocycles. The molecule has 0 saturated heterocycles. The first-order valence-electron chi connectivity index (χ1n) is 4.71. The summed E-state index contributed by atoms with van der Waals surface area (Å²) in [5, 5.41) is 17.8. The van der Waals surface area contributed by atoms with Crippen LogP contribution in [0.2, 0.25) is 0 Å². The zero-order chi connectivity index (χ0) is 12.3. The molecule has 0 saturated carbocycles. The average molecular weight is 223 g/mol. The Hall–Kier alpha value is -1.72. The Morgan fingerprint density at radius 1 is 1.25 bits per heavy atom. The maximum Gasteiger partial charge on any atom is 0.334 e. The fraction of sp³-hybridized carbons (Fsp3) is 0.273.